The number of pyridine rings is 1. The van der Waals surface area contributed by atoms with E-state index in [2.05, 4.69) is 10.3 Å². The number of nitrogens with zero attached hydrogens (tertiary/aromatic N) is 1. The number of hydrogen-bond donors (Lipinski definition) is 3. The van der Waals surface area contributed by atoms with E-state index in [0.717, 1.165) is 0 Å². The van der Waals surface area contributed by atoms with Crippen molar-refractivity contribution in [2.75, 3.05) is 5.32 Å². The van der Waals surface area contributed by atoms with Gasteiger partial charge in [-0.1, -0.05) is 11.6 Å². The summed E-state index contributed by atoms with van der Waals surface area (Å²) < 4.78 is 0. The third-order valence-electron chi connectivity index (χ3n) is 2.51. The van der Waals surface area contributed by atoms with Crippen molar-refractivity contribution >= 4 is 35.0 Å². The zero-order valence-electron chi connectivity index (χ0n) is 10.1. The lowest BCUT2D eigenvalue weighted by Crippen LogP contribution is -2.11. The van der Waals surface area contributed by atoms with Crippen LogP contribution in [-0.4, -0.2) is 22.0 Å². The number of carboxylic acid groups (broad SMARTS) is 1. The molecule has 1 amide bonds. The summed E-state index contributed by atoms with van der Waals surface area (Å²) in [5.74, 6) is -1.32. The van der Waals surface area contributed by atoms with E-state index in [1.54, 1.807) is 6.07 Å². The number of aromatic nitrogens is 1. The molecule has 0 saturated carbocycles. The summed E-state index contributed by atoms with van der Waals surface area (Å²) in [6.45, 7) is 0. The van der Waals surface area contributed by atoms with Crippen LogP contribution >= 0.6 is 11.6 Å². The first-order chi connectivity index (χ1) is 9.47. The number of halogens is 1. The van der Waals surface area contributed by atoms with Crippen molar-refractivity contribution in [2.45, 2.75) is 0 Å². The first-order valence-corrected chi connectivity index (χ1v) is 5.91. The van der Waals surface area contributed by atoms with Crippen LogP contribution in [0, 0.1) is 0 Å². The third-order valence-corrected chi connectivity index (χ3v) is 2.84. The number of primary amides is 1. The summed E-state index contributed by atoms with van der Waals surface area (Å²) in [7, 11) is 0. The van der Waals surface area contributed by atoms with Crippen LogP contribution in [0.15, 0.2) is 36.5 Å². The Morgan fingerprint density at radius 1 is 1.25 bits per heavy atom. The standard InChI is InChI=1S/C13H10ClN3O3/c14-10-2-1-8(6-9(10)13(19)20)17-11-5-7(12(15)18)3-4-16-11/h1-6H,(H2,15,18)(H,16,17)(H,19,20). The van der Waals surface area contributed by atoms with Gasteiger partial charge in [-0.25, -0.2) is 9.78 Å². The molecule has 2 aromatic rings. The molecular weight excluding hydrogens is 282 g/mol. The lowest BCUT2D eigenvalue weighted by molar-refractivity contribution is 0.0697. The van der Waals surface area contributed by atoms with Crippen LogP contribution in [0.4, 0.5) is 11.5 Å². The number of benzene rings is 1. The normalized spacial score (nSPS) is 10.1. The van der Waals surface area contributed by atoms with Gasteiger partial charge in [0, 0.05) is 17.4 Å². The van der Waals surface area contributed by atoms with Gasteiger partial charge >= 0.3 is 5.97 Å². The zero-order valence-corrected chi connectivity index (χ0v) is 10.9. The molecule has 1 heterocycles. The Morgan fingerprint density at radius 2 is 2.00 bits per heavy atom. The van der Waals surface area contributed by atoms with Crippen LogP contribution in [0.3, 0.4) is 0 Å². The van der Waals surface area contributed by atoms with E-state index in [-0.39, 0.29) is 10.6 Å². The molecule has 2 rings (SSSR count). The SMILES string of the molecule is NC(=O)c1ccnc(Nc2ccc(Cl)c(C(=O)O)c2)c1. The molecule has 0 fully saturated rings. The predicted octanol–water partition coefficient (Wildman–Crippen LogP) is 2.28. The lowest BCUT2D eigenvalue weighted by atomic mass is 10.2. The summed E-state index contributed by atoms with van der Waals surface area (Å²) in [4.78, 5) is 26.1. The topological polar surface area (TPSA) is 105 Å². The van der Waals surface area contributed by atoms with Crippen molar-refractivity contribution < 1.29 is 14.7 Å². The maximum absolute atomic E-state index is 11.1. The lowest BCUT2D eigenvalue weighted by Gasteiger charge is -2.08. The van der Waals surface area contributed by atoms with E-state index in [0.29, 0.717) is 17.1 Å². The molecular formula is C13H10ClN3O3. The molecule has 7 heteroatoms. The van der Waals surface area contributed by atoms with E-state index in [9.17, 15) is 9.59 Å². The molecule has 0 spiro atoms. The number of rotatable bonds is 4. The largest absolute Gasteiger partial charge is 0.478 e. The van der Waals surface area contributed by atoms with Crippen molar-refractivity contribution in [1.82, 2.24) is 4.98 Å². The van der Waals surface area contributed by atoms with Gasteiger partial charge in [0.25, 0.3) is 0 Å². The molecule has 4 N–H and O–H groups in total. The maximum Gasteiger partial charge on any atom is 0.337 e. The van der Waals surface area contributed by atoms with Gasteiger partial charge in [0.2, 0.25) is 5.91 Å². The van der Waals surface area contributed by atoms with Crippen LogP contribution in [0.1, 0.15) is 20.7 Å². The first kappa shape index (κ1) is 13.8. The zero-order chi connectivity index (χ0) is 14.7. The molecule has 0 atom stereocenters. The summed E-state index contributed by atoms with van der Waals surface area (Å²) in [6.07, 6.45) is 1.43. The Kier molecular flexibility index (Phi) is 3.86. The Morgan fingerprint density at radius 3 is 2.65 bits per heavy atom. The highest BCUT2D eigenvalue weighted by Crippen LogP contribution is 2.23. The summed E-state index contributed by atoms with van der Waals surface area (Å²) in [6, 6.07) is 7.40. The molecule has 1 aromatic heterocycles. The number of carboxylic acids is 1. The molecule has 6 nitrogen and oxygen atoms in total. The Bertz CT molecular complexity index is 688. The molecule has 0 radical (unpaired) electrons. The fraction of sp³-hybridized carbons (Fsp3) is 0. The van der Waals surface area contributed by atoms with Gasteiger partial charge in [0.15, 0.2) is 0 Å². The fourth-order valence-corrected chi connectivity index (χ4v) is 1.77. The second-order valence-electron chi connectivity index (χ2n) is 3.92. The van der Waals surface area contributed by atoms with Crippen LogP contribution in [-0.2, 0) is 0 Å². The molecule has 20 heavy (non-hydrogen) atoms. The third kappa shape index (κ3) is 3.04. The number of carbonyl (C=O) groups is 2. The number of anilines is 2. The quantitative estimate of drug-likeness (QED) is 0.801. The van der Waals surface area contributed by atoms with Gasteiger partial charge in [-0.3, -0.25) is 4.79 Å². The molecule has 0 aliphatic rings. The van der Waals surface area contributed by atoms with E-state index in [4.69, 9.17) is 22.4 Å². The fourth-order valence-electron chi connectivity index (χ4n) is 1.57. The molecule has 0 saturated heterocycles. The van der Waals surface area contributed by atoms with Crippen LogP contribution in [0.2, 0.25) is 5.02 Å². The molecule has 0 aliphatic carbocycles. The molecule has 102 valence electrons. The Hall–Kier alpha value is -2.60. The second kappa shape index (κ2) is 5.58. The van der Waals surface area contributed by atoms with Crippen molar-refractivity contribution in [3.05, 3.63) is 52.7 Å². The molecule has 1 aromatic carbocycles. The van der Waals surface area contributed by atoms with Crippen molar-refractivity contribution in [3.63, 3.8) is 0 Å². The monoisotopic (exact) mass is 291 g/mol. The first-order valence-electron chi connectivity index (χ1n) is 5.53. The van der Waals surface area contributed by atoms with E-state index in [1.165, 1.54) is 30.5 Å². The summed E-state index contributed by atoms with van der Waals surface area (Å²) in [5, 5.41) is 12.0. The van der Waals surface area contributed by atoms with Crippen LogP contribution in [0.25, 0.3) is 0 Å². The van der Waals surface area contributed by atoms with Gasteiger partial charge in [-0.15, -0.1) is 0 Å². The van der Waals surface area contributed by atoms with Gasteiger partial charge in [-0.05, 0) is 30.3 Å². The van der Waals surface area contributed by atoms with Crippen LogP contribution < -0.4 is 11.1 Å². The average Bonchev–Trinajstić information content (AvgIpc) is 2.41. The number of nitrogens with one attached hydrogen (secondary N) is 1. The Balaban J connectivity index is 2.30. The van der Waals surface area contributed by atoms with E-state index < -0.39 is 11.9 Å². The van der Waals surface area contributed by atoms with Gasteiger partial charge in [-0.2, -0.15) is 0 Å². The molecule has 0 unspecified atom stereocenters. The minimum atomic E-state index is -1.13. The smallest absolute Gasteiger partial charge is 0.337 e. The van der Waals surface area contributed by atoms with E-state index in [1.807, 2.05) is 0 Å². The number of hydrogen-bond acceptors (Lipinski definition) is 4. The predicted molar refractivity (Wildman–Crippen MR) is 74.4 cm³/mol. The van der Waals surface area contributed by atoms with Crippen molar-refractivity contribution in [1.29, 1.82) is 0 Å². The average molecular weight is 292 g/mol. The van der Waals surface area contributed by atoms with Crippen LogP contribution in [0.5, 0.6) is 0 Å². The number of amides is 1. The number of carbonyl (C=O) groups excluding carboxylic acids is 1. The minimum Gasteiger partial charge on any atom is -0.478 e. The number of aromatic carboxylic acids is 1. The van der Waals surface area contributed by atoms with Gasteiger partial charge < -0.3 is 16.2 Å². The van der Waals surface area contributed by atoms with Gasteiger partial charge in [0.05, 0.1) is 10.6 Å². The molecule has 0 aliphatic heterocycles. The summed E-state index contributed by atoms with van der Waals surface area (Å²) in [5.41, 5.74) is 5.93. The highest BCUT2D eigenvalue weighted by molar-refractivity contribution is 6.33. The van der Waals surface area contributed by atoms with Crippen molar-refractivity contribution in [2.24, 2.45) is 5.73 Å². The highest BCUT2D eigenvalue weighted by atomic mass is 35.5. The van der Waals surface area contributed by atoms with Crippen molar-refractivity contribution in [3.8, 4) is 0 Å². The van der Waals surface area contributed by atoms with E-state index >= 15 is 0 Å². The minimum absolute atomic E-state index is 0.0253. The molecule has 0 bridgehead atoms. The van der Waals surface area contributed by atoms with Gasteiger partial charge in [0.1, 0.15) is 5.82 Å². The second-order valence-corrected chi connectivity index (χ2v) is 4.33. The number of nitrogens with two attached hydrogens (primary N) is 1. The Labute approximate surface area is 119 Å². The summed E-state index contributed by atoms with van der Waals surface area (Å²) >= 11 is 5.78. The maximum atomic E-state index is 11.1. The highest BCUT2D eigenvalue weighted by Gasteiger charge is 2.10.